The van der Waals surface area contributed by atoms with Gasteiger partial charge in [-0.3, -0.25) is 4.79 Å². The van der Waals surface area contributed by atoms with Crippen LogP contribution in [0.4, 0.5) is 0 Å². The highest BCUT2D eigenvalue weighted by atomic mass is 35.5. The van der Waals surface area contributed by atoms with Gasteiger partial charge in [0, 0.05) is 23.9 Å². The molecule has 168 valence electrons. The molecule has 2 aromatic rings. The molecule has 1 aliphatic rings. The molecule has 3 rings (SSSR count). The number of thioether (sulfide) groups is 1. The number of amides is 1. The van der Waals surface area contributed by atoms with E-state index < -0.39 is 10.0 Å². The second-order valence-electron chi connectivity index (χ2n) is 7.48. The van der Waals surface area contributed by atoms with Gasteiger partial charge in [0.05, 0.1) is 23.1 Å². The van der Waals surface area contributed by atoms with Gasteiger partial charge in [-0.2, -0.15) is 4.31 Å². The number of nitrogens with one attached hydrogen (secondary N) is 1. The Morgan fingerprint density at radius 2 is 1.84 bits per heavy atom. The van der Waals surface area contributed by atoms with E-state index in [-0.39, 0.29) is 27.8 Å². The number of methoxy groups -OCH3 is 1. The van der Waals surface area contributed by atoms with Crippen molar-refractivity contribution in [3.05, 3.63) is 53.1 Å². The maximum atomic E-state index is 13.0. The fraction of sp³-hybridized carbons (Fsp3) is 0.409. The molecule has 2 aromatic carbocycles. The molecule has 1 amide bonds. The molecule has 1 N–H and O–H groups in total. The van der Waals surface area contributed by atoms with Gasteiger partial charge < -0.3 is 10.1 Å². The number of benzene rings is 2. The van der Waals surface area contributed by atoms with Crippen molar-refractivity contribution >= 4 is 39.3 Å². The average Bonchev–Trinajstić information content (AvgIpc) is 2.79. The van der Waals surface area contributed by atoms with Gasteiger partial charge in [0.15, 0.2) is 0 Å². The van der Waals surface area contributed by atoms with Gasteiger partial charge in [-0.15, -0.1) is 11.8 Å². The zero-order chi connectivity index (χ0) is 22.6. The molecule has 1 heterocycles. The predicted octanol–water partition coefficient (Wildman–Crippen LogP) is 4.35. The van der Waals surface area contributed by atoms with E-state index in [9.17, 15) is 13.2 Å². The van der Waals surface area contributed by atoms with E-state index in [4.69, 9.17) is 16.3 Å². The molecule has 1 atom stereocenters. The highest BCUT2D eigenvalue weighted by Gasteiger charge is 2.32. The molecule has 9 heteroatoms. The first-order valence-electron chi connectivity index (χ1n) is 10.0. The number of hydrogen-bond acceptors (Lipinski definition) is 5. The monoisotopic (exact) mass is 482 g/mol. The van der Waals surface area contributed by atoms with Crippen LogP contribution in [0.25, 0.3) is 0 Å². The fourth-order valence-corrected chi connectivity index (χ4v) is 5.85. The third-order valence-electron chi connectivity index (χ3n) is 5.56. The lowest BCUT2D eigenvalue weighted by Crippen LogP contribution is -2.43. The van der Waals surface area contributed by atoms with E-state index in [0.29, 0.717) is 31.7 Å². The number of ether oxygens (including phenoxy) is 1. The molecule has 0 unspecified atom stereocenters. The van der Waals surface area contributed by atoms with Crippen molar-refractivity contribution in [1.29, 1.82) is 0 Å². The Balaban J connectivity index is 1.59. The van der Waals surface area contributed by atoms with Crippen LogP contribution in [0, 0.1) is 5.92 Å². The van der Waals surface area contributed by atoms with E-state index >= 15 is 0 Å². The molecule has 0 bridgehead atoms. The van der Waals surface area contributed by atoms with Crippen LogP contribution in [-0.2, 0) is 14.8 Å². The average molecular weight is 483 g/mol. The summed E-state index contributed by atoms with van der Waals surface area (Å²) in [5, 5.41) is 3.31. The van der Waals surface area contributed by atoms with Crippen LogP contribution in [0.5, 0.6) is 5.75 Å². The van der Waals surface area contributed by atoms with Crippen molar-refractivity contribution in [2.75, 3.05) is 26.5 Å². The first kappa shape index (κ1) is 23.9. The molecule has 31 heavy (non-hydrogen) atoms. The fourth-order valence-electron chi connectivity index (χ4n) is 3.62. The highest BCUT2D eigenvalue weighted by molar-refractivity contribution is 7.98. The van der Waals surface area contributed by atoms with Gasteiger partial charge >= 0.3 is 0 Å². The van der Waals surface area contributed by atoms with Gasteiger partial charge in [-0.05, 0) is 61.9 Å². The summed E-state index contributed by atoms with van der Waals surface area (Å²) in [6.07, 6.45) is 2.98. The van der Waals surface area contributed by atoms with Gasteiger partial charge in [0.1, 0.15) is 5.75 Å². The highest BCUT2D eigenvalue weighted by Crippen LogP contribution is 2.30. The summed E-state index contributed by atoms with van der Waals surface area (Å²) in [6, 6.07) is 12.4. The summed E-state index contributed by atoms with van der Waals surface area (Å²) in [6.45, 7) is 2.54. The minimum absolute atomic E-state index is 0.0361. The molecule has 1 fully saturated rings. The van der Waals surface area contributed by atoms with E-state index in [1.54, 1.807) is 17.8 Å². The zero-order valence-electron chi connectivity index (χ0n) is 17.8. The Bertz CT molecular complexity index is 1020. The van der Waals surface area contributed by atoms with Gasteiger partial charge in [0.2, 0.25) is 15.9 Å². The Kier molecular flexibility index (Phi) is 7.91. The normalized spacial score (nSPS) is 16.6. The number of piperidine rings is 1. The summed E-state index contributed by atoms with van der Waals surface area (Å²) >= 11 is 7.77. The molecule has 0 spiro atoms. The summed E-state index contributed by atoms with van der Waals surface area (Å²) in [7, 11) is -2.19. The molecule has 0 aromatic heterocycles. The number of carbonyl (C=O) groups is 1. The van der Waals surface area contributed by atoms with Crippen molar-refractivity contribution < 1.29 is 17.9 Å². The minimum atomic E-state index is -3.67. The Labute approximate surface area is 193 Å². The molecule has 0 radical (unpaired) electrons. The minimum Gasteiger partial charge on any atom is -0.495 e. The third-order valence-corrected chi connectivity index (χ3v) is 8.49. The maximum absolute atomic E-state index is 13.0. The lowest BCUT2D eigenvalue weighted by atomic mass is 9.96. The standard InChI is InChI=1S/C22H27ClN2O4S2/c1-15(16-4-6-18(30-3)7-5-16)24-22(26)17-10-12-25(13-11-17)31(27,28)19-8-9-21(29-2)20(23)14-19/h4-9,14-15,17H,10-13H2,1-3H3,(H,24,26)/t15-/m1/s1. The largest absolute Gasteiger partial charge is 0.495 e. The Hall–Kier alpha value is -1.74. The van der Waals surface area contributed by atoms with E-state index in [0.717, 1.165) is 5.56 Å². The second-order valence-corrected chi connectivity index (χ2v) is 10.7. The maximum Gasteiger partial charge on any atom is 0.243 e. The Morgan fingerprint density at radius 1 is 1.19 bits per heavy atom. The van der Waals surface area contributed by atoms with Crippen LogP contribution >= 0.6 is 23.4 Å². The van der Waals surface area contributed by atoms with E-state index in [1.165, 1.54) is 28.4 Å². The van der Waals surface area contributed by atoms with Crippen molar-refractivity contribution in [3.63, 3.8) is 0 Å². The first-order valence-corrected chi connectivity index (χ1v) is 13.1. The summed E-state index contributed by atoms with van der Waals surface area (Å²) < 4.78 is 32.4. The van der Waals surface area contributed by atoms with Crippen LogP contribution in [0.15, 0.2) is 52.3 Å². The molecule has 6 nitrogen and oxygen atoms in total. The molecule has 1 saturated heterocycles. The number of hydrogen-bond donors (Lipinski definition) is 1. The van der Waals surface area contributed by atoms with Crippen molar-refractivity contribution in [2.45, 2.75) is 35.6 Å². The lowest BCUT2D eigenvalue weighted by Gasteiger charge is -2.31. The number of rotatable bonds is 7. The van der Waals surface area contributed by atoms with Gasteiger partial charge in [0.25, 0.3) is 0 Å². The van der Waals surface area contributed by atoms with Crippen molar-refractivity contribution in [2.24, 2.45) is 5.92 Å². The van der Waals surface area contributed by atoms with Crippen molar-refractivity contribution in [3.8, 4) is 5.75 Å². The quantitative estimate of drug-likeness (QED) is 0.594. The molecular formula is C22H27ClN2O4S2. The van der Waals surface area contributed by atoms with Gasteiger partial charge in [-0.25, -0.2) is 8.42 Å². The van der Waals surface area contributed by atoms with E-state index in [1.807, 2.05) is 37.4 Å². The molecule has 0 saturated carbocycles. The summed E-state index contributed by atoms with van der Waals surface area (Å²) in [4.78, 5) is 14.0. The van der Waals surface area contributed by atoms with Crippen LogP contribution in [-0.4, -0.2) is 45.1 Å². The summed E-state index contributed by atoms with van der Waals surface area (Å²) in [5.41, 5.74) is 1.04. The Morgan fingerprint density at radius 3 is 2.39 bits per heavy atom. The third kappa shape index (κ3) is 5.55. The number of carbonyl (C=O) groups excluding carboxylic acids is 1. The second kappa shape index (κ2) is 10.3. The lowest BCUT2D eigenvalue weighted by molar-refractivity contribution is -0.126. The molecule has 1 aliphatic heterocycles. The van der Waals surface area contributed by atoms with Crippen molar-refractivity contribution in [1.82, 2.24) is 9.62 Å². The smallest absolute Gasteiger partial charge is 0.243 e. The zero-order valence-corrected chi connectivity index (χ0v) is 20.2. The van der Waals surface area contributed by atoms with Crippen LogP contribution in [0.1, 0.15) is 31.4 Å². The number of halogens is 1. The summed E-state index contributed by atoms with van der Waals surface area (Å²) in [5.74, 6) is 0.179. The first-order chi connectivity index (χ1) is 14.8. The molecular weight excluding hydrogens is 456 g/mol. The SMILES string of the molecule is COc1ccc(S(=O)(=O)N2CCC(C(=O)N[C@H](C)c3ccc(SC)cc3)CC2)cc1Cl. The van der Waals surface area contributed by atoms with Crippen LogP contribution in [0.3, 0.4) is 0 Å². The number of sulfonamides is 1. The van der Waals surface area contributed by atoms with Gasteiger partial charge in [-0.1, -0.05) is 23.7 Å². The van der Waals surface area contributed by atoms with E-state index in [2.05, 4.69) is 5.32 Å². The van der Waals surface area contributed by atoms with Crippen LogP contribution < -0.4 is 10.1 Å². The topological polar surface area (TPSA) is 75.7 Å². The van der Waals surface area contributed by atoms with Crippen LogP contribution in [0.2, 0.25) is 5.02 Å². The predicted molar refractivity (Wildman–Crippen MR) is 124 cm³/mol. The number of nitrogens with zero attached hydrogens (tertiary/aromatic N) is 1. The molecule has 0 aliphatic carbocycles.